The van der Waals surface area contributed by atoms with E-state index in [9.17, 15) is 0 Å². The number of hydrogen-bond acceptors (Lipinski definition) is 2. The molecule has 0 heterocycles. The van der Waals surface area contributed by atoms with E-state index < -0.39 is 0 Å². The predicted octanol–water partition coefficient (Wildman–Crippen LogP) is 4.65. The van der Waals surface area contributed by atoms with Crippen LogP contribution < -0.4 is 10.1 Å². The van der Waals surface area contributed by atoms with Crippen LogP contribution in [-0.4, -0.2) is 13.7 Å². The van der Waals surface area contributed by atoms with Gasteiger partial charge in [0.25, 0.3) is 0 Å². The first-order valence-electron chi connectivity index (χ1n) is 7.72. The molecule has 3 heteroatoms. The van der Waals surface area contributed by atoms with Crippen LogP contribution in [-0.2, 0) is 6.54 Å². The van der Waals surface area contributed by atoms with Gasteiger partial charge in [0.15, 0.2) is 0 Å². The van der Waals surface area contributed by atoms with Gasteiger partial charge in [-0.2, -0.15) is 0 Å². The zero-order valence-corrected chi connectivity index (χ0v) is 13.4. The van der Waals surface area contributed by atoms with Crippen molar-refractivity contribution >= 4 is 11.6 Å². The average molecular weight is 296 g/mol. The highest BCUT2D eigenvalue weighted by Crippen LogP contribution is 2.30. The highest BCUT2D eigenvalue weighted by molar-refractivity contribution is 6.31. The maximum Gasteiger partial charge on any atom is 0.124 e. The lowest BCUT2D eigenvalue weighted by Gasteiger charge is -2.26. The van der Waals surface area contributed by atoms with Crippen molar-refractivity contribution in [2.24, 2.45) is 11.8 Å². The number of methoxy groups -OCH3 is 1. The van der Waals surface area contributed by atoms with Crippen molar-refractivity contribution in [2.45, 2.75) is 45.6 Å². The Morgan fingerprint density at radius 2 is 2.00 bits per heavy atom. The van der Waals surface area contributed by atoms with E-state index in [1.807, 2.05) is 18.2 Å². The minimum Gasteiger partial charge on any atom is -0.496 e. The normalized spacial score (nSPS) is 22.8. The monoisotopic (exact) mass is 295 g/mol. The Bertz CT molecular complexity index is 413. The predicted molar refractivity (Wildman–Crippen MR) is 85.4 cm³/mol. The standard InChI is InChI=1S/C17H26ClNO/c1-13-6-8-14(9-7-13)10-11-19-12-15-16(18)4-3-5-17(15)20-2/h3-5,13-14,19H,6-12H2,1-2H3. The molecule has 2 rings (SSSR count). The Morgan fingerprint density at radius 3 is 2.70 bits per heavy atom. The van der Waals surface area contributed by atoms with E-state index in [4.69, 9.17) is 16.3 Å². The Kier molecular flexibility index (Phi) is 6.18. The van der Waals surface area contributed by atoms with Crippen molar-refractivity contribution in [3.63, 3.8) is 0 Å². The van der Waals surface area contributed by atoms with Gasteiger partial charge < -0.3 is 10.1 Å². The van der Waals surface area contributed by atoms with Crippen molar-refractivity contribution in [1.82, 2.24) is 5.32 Å². The summed E-state index contributed by atoms with van der Waals surface area (Å²) in [5, 5.41) is 4.29. The van der Waals surface area contributed by atoms with E-state index in [0.717, 1.165) is 41.3 Å². The molecule has 1 aromatic carbocycles. The maximum absolute atomic E-state index is 6.23. The van der Waals surface area contributed by atoms with E-state index in [1.54, 1.807) is 7.11 Å². The van der Waals surface area contributed by atoms with Crippen LogP contribution in [0.4, 0.5) is 0 Å². The van der Waals surface area contributed by atoms with Gasteiger partial charge in [0, 0.05) is 17.1 Å². The molecule has 0 saturated heterocycles. The van der Waals surface area contributed by atoms with Gasteiger partial charge in [0.1, 0.15) is 5.75 Å². The van der Waals surface area contributed by atoms with Crippen molar-refractivity contribution in [3.05, 3.63) is 28.8 Å². The summed E-state index contributed by atoms with van der Waals surface area (Å²) in [6.07, 6.45) is 6.89. The fourth-order valence-electron chi connectivity index (χ4n) is 3.04. The topological polar surface area (TPSA) is 21.3 Å². The first kappa shape index (κ1) is 15.7. The van der Waals surface area contributed by atoms with E-state index in [-0.39, 0.29) is 0 Å². The van der Waals surface area contributed by atoms with Gasteiger partial charge in [0.2, 0.25) is 0 Å². The van der Waals surface area contributed by atoms with Crippen LogP contribution in [0.1, 0.15) is 44.6 Å². The molecule has 0 radical (unpaired) electrons. The lowest BCUT2D eigenvalue weighted by Crippen LogP contribution is -2.21. The average Bonchev–Trinajstić information content (AvgIpc) is 2.46. The zero-order valence-electron chi connectivity index (χ0n) is 12.6. The summed E-state index contributed by atoms with van der Waals surface area (Å²) in [6, 6.07) is 5.81. The summed E-state index contributed by atoms with van der Waals surface area (Å²) < 4.78 is 5.36. The quantitative estimate of drug-likeness (QED) is 0.771. The van der Waals surface area contributed by atoms with Crippen molar-refractivity contribution in [2.75, 3.05) is 13.7 Å². The second kappa shape index (κ2) is 7.90. The van der Waals surface area contributed by atoms with Gasteiger partial charge in [-0.05, 0) is 36.9 Å². The molecule has 112 valence electrons. The summed E-state index contributed by atoms with van der Waals surface area (Å²) in [4.78, 5) is 0. The van der Waals surface area contributed by atoms with Gasteiger partial charge in [0.05, 0.1) is 7.11 Å². The molecular weight excluding hydrogens is 270 g/mol. The van der Waals surface area contributed by atoms with Crippen LogP contribution in [0.3, 0.4) is 0 Å². The highest BCUT2D eigenvalue weighted by atomic mass is 35.5. The number of halogens is 1. The van der Waals surface area contributed by atoms with Crippen LogP contribution in [0.2, 0.25) is 5.02 Å². The van der Waals surface area contributed by atoms with Crippen LogP contribution in [0.15, 0.2) is 18.2 Å². The van der Waals surface area contributed by atoms with E-state index in [0.29, 0.717) is 0 Å². The summed E-state index contributed by atoms with van der Waals surface area (Å²) >= 11 is 6.23. The van der Waals surface area contributed by atoms with Crippen LogP contribution in [0, 0.1) is 11.8 Å². The molecule has 1 fully saturated rings. The lowest BCUT2D eigenvalue weighted by molar-refractivity contribution is 0.275. The van der Waals surface area contributed by atoms with E-state index in [2.05, 4.69) is 12.2 Å². The number of benzene rings is 1. The fourth-order valence-corrected chi connectivity index (χ4v) is 3.27. The number of hydrogen-bond donors (Lipinski definition) is 1. The molecule has 0 amide bonds. The van der Waals surface area contributed by atoms with Crippen LogP contribution >= 0.6 is 11.6 Å². The second-order valence-electron chi connectivity index (χ2n) is 6.01. The first-order valence-corrected chi connectivity index (χ1v) is 8.10. The fraction of sp³-hybridized carbons (Fsp3) is 0.647. The summed E-state index contributed by atoms with van der Waals surface area (Å²) in [6.45, 7) is 4.22. The van der Waals surface area contributed by atoms with Gasteiger partial charge >= 0.3 is 0 Å². The molecule has 1 N–H and O–H groups in total. The Balaban J connectivity index is 1.73. The molecule has 1 aromatic rings. The Labute approximate surface area is 127 Å². The van der Waals surface area contributed by atoms with Gasteiger partial charge in [-0.25, -0.2) is 0 Å². The molecule has 0 unspecified atom stereocenters. The molecular formula is C17H26ClNO. The van der Waals surface area contributed by atoms with Crippen LogP contribution in [0.25, 0.3) is 0 Å². The molecule has 0 spiro atoms. The van der Waals surface area contributed by atoms with Crippen molar-refractivity contribution in [3.8, 4) is 5.75 Å². The molecule has 0 atom stereocenters. The molecule has 0 aromatic heterocycles. The minimum absolute atomic E-state index is 0.781. The molecule has 1 aliphatic carbocycles. The van der Waals surface area contributed by atoms with Gasteiger partial charge in [-0.3, -0.25) is 0 Å². The molecule has 0 aliphatic heterocycles. The summed E-state index contributed by atoms with van der Waals surface area (Å²) in [5.41, 5.74) is 1.06. The molecule has 1 saturated carbocycles. The largest absolute Gasteiger partial charge is 0.496 e. The molecule has 2 nitrogen and oxygen atoms in total. The first-order chi connectivity index (χ1) is 9.70. The van der Waals surface area contributed by atoms with Crippen molar-refractivity contribution < 1.29 is 4.74 Å². The maximum atomic E-state index is 6.23. The Hall–Kier alpha value is -0.730. The summed E-state index contributed by atoms with van der Waals surface area (Å²) in [7, 11) is 1.69. The number of ether oxygens (including phenoxy) is 1. The molecule has 0 bridgehead atoms. The summed E-state index contributed by atoms with van der Waals surface area (Å²) in [5.74, 6) is 2.72. The zero-order chi connectivity index (χ0) is 14.4. The highest BCUT2D eigenvalue weighted by Gasteiger charge is 2.17. The molecule has 20 heavy (non-hydrogen) atoms. The minimum atomic E-state index is 0.781. The third kappa shape index (κ3) is 4.39. The third-order valence-electron chi connectivity index (χ3n) is 4.46. The smallest absolute Gasteiger partial charge is 0.124 e. The Morgan fingerprint density at radius 1 is 1.25 bits per heavy atom. The third-order valence-corrected chi connectivity index (χ3v) is 4.82. The number of rotatable bonds is 6. The number of nitrogens with one attached hydrogen (secondary N) is 1. The van der Waals surface area contributed by atoms with Crippen LogP contribution in [0.5, 0.6) is 5.75 Å². The SMILES string of the molecule is COc1cccc(Cl)c1CNCCC1CCC(C)CC1. The van der Waals surface area contributed by atoms with E-state index >= 15 is 0 Å². The lowest BCUT2D eigenvalue weighted by atomic mass is 9.81. The van der Waals surface area contributed by atoms with Crippen molar-refractivity contribution in [1.29, 1.82) is 0 Å². The van der Waals surface area contributed by atoms with Gasteiger partial charge in [-0.15, -0.1) is 0 Å². The second-order valence-corrected chi connectivity index (χ2v) is 6.42. The van der Waals surface area contributed by atoms with E-state index in [1.165, 1.54) is 32.1 Å². The van der Waals surface area contributed by atoms with Gasteiger partial charge in [-0.1, -0.05) is 50.3 Å². The molecule has 1 aliphatic rings.